The number of hydrogen-bond acceptors (Lipinski definition) is 6. The molecule has 0 aromatic carbocycles. The first-order valence-electron chi connectivity index (χ1n) is 9.07. The molecule has 0 saturated carbocycles. The van der Waals surface area contributed by atoms with Crippen molar-refractivity contribution in [1.29, 1.82) is 0 Å². The van der Waals surface area contributed by atoms with Crippen LogP contribution in [0.5, 0.6) is 0 Å². The third-order valence-electron chi connectivity index (χ3n) is 5.21. The summed E-state index contributed by atoms with van der Waals surface area (Å²) in [6.07, 6.45) is 4.65. The van der Waals surface area contributed by atoms with E-state index in [2.05, 4.69) is 43.8 Å². The minimum atomic E-state index is 0.426. The molecule has 0 amide bonds. The van der Waals surface area contributed by atoms with Gasteiger partial charge in [0.15, 0.2) is 0 Å². The minimum Gasteiger partial charge on any atom is -0.381 e. The van der Waals surface area contributed by atoms with Crippen molar-refractivity contribution in [3.05, 3.63) is 47.7 Å². The predicted octanol–water partition coefficient (Wildman–Crippen LogP) is 2.01. The summed E-state index contributed by atoms with van der Waals surface area (Å²) in [5.74, 6) is 1.47. The summed E-state index contributed by atoms with van der Waals surface area (Å²) in [6.45, 7) is 8.72. The van der Waals surface area contributed by atoms with Gasteiger partial charge < -0.3 is 9.64 Å². The molecule has 1 atom stereocenters. The van der Waals surface area contributed by atoms with Gasteiger partial charge in [0, 0.05) is 57.5 Å². The van der Waals surface area contributed by atoms with E-state index in [-0.39, 0.29) is 0 Å². The van der Waals surface area contributed by atoms with E-state index >= 15 is 0 Å². The van der Waals surface area contributed by atoms with Crippen molar-refractivity contribution >= 4 is 5.82 Å². The molecule has 2 aliphatic rings. The highest BCUT2D eigenvalue weighted by atomic mass is 16.5. The summed E-state index contributed by atoms with van der Waals surface area (Å²) < 4.78 is 5.49. The van der Waals surface area contributed by atoms with E-state index in [1.165, 1.54) is 11.3 Å². The smallest absolute Gasteiger partial charge is 0.132 e. The Morgan fingerprint density at radius 1 is 1.16 bits per heavy atom. The molecule has 2 saturated heterocycles. The van der Waals surface area contributed by atoms with E-state index in [9.17, 15) is 0 Å². The first-order valence-corrected chi connectivity index (χ1v) is 9.07. The van der Waals surface area contributed by atoms with Gasteiger partial charge in [-0.3, -0.25) is 9.88 Å². The Kier molecular flexibility index (Phi) is 4.90. The average Bonchev–Trinajstić information content (AvgIpc) is 3.19. The molecule has 2 aromatic heterocycles. The van der Waals surface area contributed by atoms with Crippen molar-refractivity contribution in [2.24, 2.45) is 0 Å². The van der Waals surface area contributed by atoms with Gasteiger partial charge in [-0.1, -0.05) is 6.07 Å². The standard InChI is InChI=1S/C19H25N5O/c1-15-3-2-5-20-18(15)12-23-6-8-24(9-7-23)19-11-17(21-14-22-19)16-4-10-25-13-16/h2-3,5,11,14,16H,4,6-10,12-13H2,1H3/t16-/m0/s1. The molecule has 6 heteroatoms. The van der Waals surface area contributed by atoms with Crippen LogP contribution < -0.4 is 4.90 Å². The number of piperazine rings is 1. The lowest BCUT2D eigenvalue weighted by molar-refractivity contribution is 0.193. The highest BCUT2D eigenvalue weighted by molar-refractivity contribution is 5.40. The van der Waals surface area contributed by atoms with Crippen molar-refractivity contribution < 1.29 is 4.74 Å². The van der Waals surface area contributed by atoms with Crippen molar-refractivity contribution in [2.45, 2.75) is 25.8 Å². The maximum absolute atomic E-state index is 5.49. The Hall–Kier alpha value is -2.05. The van der Waals surface area contributed by atoms with Gasteiger partial charge in [-0.05, 0) is 25.0 Å². The molecular weight excluding hydrogens is 314 g/mol. The van der Waals surface area contributed by atoms with E-state index in [1.807, 2.05) is 12.3 Å². The first kappa shape index (κ1) is 16.4. The fraction of sp³-hybridized carbons (Fsp3) is 0.526. The van der Waals surface area contributed by atoms with E-state index in [4.69, 9.17) is 4.74 Å². The summed E-state index contributed by atoms with van der Waals surface area (Å²) >= 11 is 0. The van der Waals surface area contributed by atoms with Gasteiger partial charge in [-0.2, -0.15) is 0 Å². The van der Waals surface area contributed by atoms with E-state index in [0.717, 1.165) is 63.9 Å². The molecule has 2 aliphatic heterocycles. The Bertz CT molecular complexity index is 708. The van der Waals surface area contributed by atoms with Gasteiger partial charge >= 0.3 is 0 Å². The van der Waals surface area contributed by atoms with Gasteiger partial charge in [-0.15, -0.1) is 0 Å². The lowest BCUT2D eigenvalue weighted by atomic mass is 10.0. The van der Waals surface area contributed by atoms with Gasteiger partial charge in [0.05, 0.1) is 18.0 Å². The molecule has 4 heterocycles. The Balaban J connectivity index is 1.37. The molecular formula is C19H25N5O. The summed E-state index contributed by atoms with van der Waals surface area (Å²) in [4.78, 5) is 18.3. The van der Waals surface area contributed by atoms with Gasteiger partial charge in [-0.25, -0.2) is 9.97 Å². The topological polar surface area (TPSA) is 54.4 Å². The van der Waals surface area contributed by atoms with Crippen LogP contribution >= 0.6 is 0 Å². The molecule has 4 rings (SSSR count). The SMILES string of the molecule is Cc1cccnc1CN1CCN(c2cc([C@H]3CCOC3)ncn2)CC1. The van der Waals surface area contributed by atoms with Crippen LogP contribution in [0.15, 0.2) is 30.7 Å². The molecule has 2 aromatic rings. The Morgan fingerprint density at radius 2 is 2.04 bits per heavy atom. The molecule has 0 N–H and O–H groups in total. The van der Waals surface area contributed by atoms with Gasteiger partial charge in [0.25, 0.3) is 0 Å². The predicted molar refractivity (Wildman–Crippen MR) is 96.7 cm³/mol. The third-order valence-corrected chi connectivity index (χ3v) is 5.21. The van der Waals surface area contributed by atoms with E-state index < -0.39 is 0 Å². The molecule has 25 heavy (non-hydrogen) atoms. The Labute approximate surface area is 148 Å². The van der Waals surface area contributed by atoms with Crippen LogP contribution in [0.4, 0.5) is 5.82 Å². The fourth-order valence-corrected chi connectivity index (χ4v) is 3.56. The quantitative estimate of drug-likeness (QED) is 0.849. The largest absolute Gasteiger partial charge is 0.381 e. The molecule has 0 spiro atoms. The molecule has 2 fully saturated rings. The third kappa shape index (κ3) is 3.80. The fourth-order valence-electron chi connectivity index (χ4n) is 3.56. The second-order valence-electron chi connectivity index (χ2n) is 6.89. The highest BCUT2D eigenvalue weighted by Gasteiger charge is 2.22. The number of pyridine rings is 1. The molecule has 0 aliphatic carbocycles. The summed E-state index contributed by atoms with van der Waals surface area (Å²) in [7, 11) is 0. The first-order chi connectivity index (χ1) is 12.3. The molecule has 132 valence electrons. The van der Waals surface area contributed by atoms with E-state index in [1.54, 1.807) is 6.33 Å². The van der Waals surface area contributed by atoms with Crippen LogP contribution in [0.1, 0.15) is 29.3 Å². The number of aryl methyl sites for hydroxylation is 1. The zero-order valence-electron chi connectivity index (χ0n) is 14.8. The number of aromatic nitrogens is 3. The van der Waals surface area contributed by atoms with Gasteiger partial charge in [0.1, 0.15) is 12.1 Å². The zero-order valence-corrected chi connectivity index (χ0v) is 14.8. The van der Waals surface area contributed by atoms with Crippen LogP contribution in [-0.2, 0) is 11.3 Å². The molecule has 0 bridgehead atoms. The molecule has 6 nitrogen and oxygen atoms in total. The normalized spacial score (nSPS) is 21.6. The summed E-state index contributed by atoms with van der Waals surface area (Å²) in [5.41, 5.74) is 3.57. The Morgan fingerprint density at radius 3 is 2.80 bits per heavy atom. The van der Waals surface area contributed by atoms with Crippen LogP contribution in [-0.4, -0.2) is 59.2 Å². The summed E-state index contributed by atoms with van der Waals surface area (Å²) in [6, 6.07) is 6.28. The van der Waals surface area contributed by atoms with E-state index in [0.29, 0.717) is 5.92 Å². The van der Waals surface area contributed by atoms with Crippen LogP contribution in [0, 0.1) is 6.92 Å². The van der Waals surface area contributed by atoms with Crippen molar-refractivity contribution in [3.63, 3.8) is 0 Å². The zero-order chi connectivity index (χ0) is 17.1. The molecule has 0 unspecified atom stereocenters. The number of ether oxygens (including phenoxy) is 1. The second kappa shape index (κ2) is 7.45. The van der Waals surface area contributed by atoms with Crippen molar-refractivity contribution in [1.82, 2.24) is 19.9 Å². The second-order valence-corrected chi connectivity index (χ2v) is 6.89. The summed E-state index contributed by atoms with van der Waals surface area (Å²) in [5, 5.41) is 0. The highest BCUT2D eigenvalue weighted by Crippen LogP contribution is 2.25. The number of rotatable bonds is 4. The minimum absolute atomic E-state index is 0.426. The maximum Gasteiger partial charge on any atom is 0.132 e. The maximum atomic E-state index is 5.49. The average molecular weight is 339 g/mol. The lowest BCUT2D eigenvalue weighted by Crippen LogP contribution is -2.46. The molecule has 0 radical (unpaired) electrons. The number of hydrogen-bond donors (Lipinski definition) is 0. The van der Waals surface area contributed by atoms with Crippen molar-refractivity contribution in [3.8, 4) is 0 Å². The number of nitrogens with zero attached hydrogens (tertiary/aromatic N) is 5. The number of anilines is 1. The van der Waals surface area contributed by atoms with Gasteiger partial charge in [0.2, 0.25) is 0 Å². The lowest BCUT2D eigenvalue weighted by Gasteiger charge is -2.35. The van der Waals surface area contributed by atoms with Crippen LogP contribution in [0.3, 0.4) is 0 Å². The monoisotopic (exact) mass is 339 g/mol. The van der Waals surface area contributed by atoms with Crippen molar-refractivity contribution in [2.75, 3.05) is 44.3 Å². The van der Waals surface area contributed by atoms with Crippen LogP contribution in [0.25, 0.3) is 0 Å². The van der Waals surface area contributed by atoms with Crippen LogP contribution in [0.2, 0.25) is 0 Å².